The molecule has 2 N–H and O–H groups in total. The molecule has 0 saturated heterocycles. The maximum absolute atomic E-state index is 5.84. The van der Waals surface area contributed by atoms with Gasteiger partial charge in [-0.3, -0.25) is 0 Å². The smallest absolute Gasteiger partial charge is 0.227 e. The third-order valence-electron chi connectivity index (χ3n) is 3.19. The van der Waals surface area contributed by atoms with Crippen LogP contribution in [0.5, 0.6) is 5.88 Å². The van der Waals surface area contributed by atoms with Crippen LogP contribution >= 0.6 is 22.7 Å². The Kier molecular flexibility index (Phi) is 4.03. The van der Waals surface area contributed by atoms with Gasteiger partial charge >= 0.3 is 0 Å². The van der Waals surface area contributed by atoms with Crippen LogP contribution in [0.3, 0.4) is 0 Å². The van der Waals surface area contributed by atoms with E-state index in [2.05, 4.69) is 27.9 Å². The average Bonchev–Trinajstić information content (AvgIpc) is 3.05. The molecule has 3 aromatic heterocycles. The second kappa shape index (κ2) is 5.95. The molecule has 5 nitrogen and oxygen atoms in total. The second-order valence-corrected chi connectivity index (χ2v) is 6.69. The van der Waals surface area contributed by atoms with Crippen molar-refractivity contribution >= 4 is 38.8 Å². The topological polar surface area (TPSA) is 73.9 Å². The highest BCUT2D eigenvalue weighted by Crippen LogP contribution is 2.31. The first kappa shape index (κ1) is 14.2. The van der Waals surface area contributed by atoms with Gasteiger partial charge in [0.15, 0.2) is 0 Å². The lowest BCUT2D eigenvalue weighted by Crippen LogP contribution is -2.05. The fourth-order valence-electron chi connectivity index (χ4n) is 2.05. The minimum atomic E-state index is 0.260. The zero-order valence-electron chi connectivity index (χ0n) is 11.9. The highest BCUT2D eigenvalue weighted by Gasteiger charge is 2.12. The van der Waals surface area contributed by atoms with E-state index >= 15 is 0 Å². The number of thiazole rings is 1. The molecule has 0 bridgehead atoms. The van der Waals surface area contributed by atoms with Crippen molar-refractivity contribution in [1.29, 1.82) is 0 Å². The number of ether oxygens (including phenoxy) is 1. The maximum Gasteiger partial charge on any atom is 0.227 e. The third kappa shape index (κ3) is 2.98. The molecule has 0 atom stereocenters. The van der Waals surface area contributed by atoms with Gasteiger partial charge in [0.2, 0.25) is 11.8 Å². The summed E-state index contributed by atoms with van der Waals surface area (Å²) in [6.07, 6.45) is 1.80. The summed E-state index contributed by atoms with van der Waals surface area (Å²) in [6.45, 7) is 4.69. The van der Waals surface area contributed by atoms with Crippen LogP contribution in [0, 0.1) is 6.92 Å². The number of thiophene rings is 1. The van der Waals surface area contributed by atoms with E-state index in [0.717, 1.165) is 28.8 Å². The Morgan fingerprint density at radius 3 is 2.90 bits per heavy atom. The fraction of sp³-hybridized carbons (Fsp3) is 0.357. The van der Waals surface area contributed by atoms with Crippen molar-refractivity contribution < 1.29 is 4.74 Å². The van der Waals surface area contributed by atoms with E-state index in [0.29, 0.717) is 12.5 Å². The first-order chi connectivity index (χ1) is 10.2. The van der Waals surface area contributed by atoms with Crippen molar-refractivity contribution in [3.05, 3.63) is 27.0 Å². The Hall–Kier alpha value is -1.73. The predicted octanol–water partition coefficient (Wildman–Crippen LogP) is 3.22. The number of nitrogens with two attached hydrogens (primary N) is 1. The number of hydrogen-bond acceptors (Lipinski definition) is 7. The van der Waals surface area contributed by atoms with E-state index < -0.39 is 0 Å². The molecule has 0 amide bonds. The van der Waals surface area contributed by atoms with Crippen LogP contribution in [-0.2, 0) is 12.8 Å². The monoisotopic (exact) mass is 320 g/mol. The minimum Gasteiger partial charge on any atom is -0.477 e. The summed E-state index contributed by atoms with van der Waals surface area (Å²) >= 11 is 3.29. The van der Waals surface area contributed by atoms with E-state index in [9.17, 15) is 0 Å². The number of hydrogen-bond donors (Lipinski definition) is 1. The molecule has 3 rings (SSSR count). The molecule has 0 aliphatic carbocycles. The summed E-state index contributed by atoms with van der Waals surface area (Å²) in [5.41, 5.74) is 8.69. The third-order valence-corrected chi connectivity index (χ3v) is 5.36. The van der Waals surface area contributed by atoms with Gasteiger partial charge in [-0.05, 0) is 19.4 Å². The van der Waals surface area contributed by atoms with Crippen LogP contribution in [-0.4, -0.2) is 21.6 Å². The largest absolute Gasteiger partial charge is 0.477 e. The quantitative estimate of drug-likeness (QED) is 0.781. The van der Waals surface area contributed by atoms with Crippen molar-refractivity contribution in [1.82, 2.24) is 15.0 Å². The molecule has 3 heterocycles. The van der Waals surface area contributed by atoms with Crippen LogP contribution in [0.2, 0.25) is 0 Å². The van der Waals surface area contributed by atoms with Gasteiger partial charge in [0.25, 0.3) is 0 Å². The fourth-order valence-corrected chi connectivity index (χ4v) is 3.78. The molecule has 3 aromatic rings. The lowest BCUT2D eigenvalue weighted by atomic mass is 10.3. The zero-order valence-corrected chi connectivity index (χ0v) is 13.6. The molecule has 0 saturated carbocycles. The van der Waals surface area contributed by atoms with Crippen molar-refractivity contribution in [3.63, 3.8) is 0 Å². The van der Waals surface area contributed by atoms with Gasteiger partial charge < -0.3 is 10.5 Å². The van der Waals surface area contributed by atoms with Crippen LogP contribution in [0.15, 0.2) is 11.6 Å². The minimum absolute atomic E-state index is 0.260. The van der Waals surface area contributed by atoms with Crippen molar-refractivity contribution in [2.24, 2.45) is 0 Å². The second-order valence-electron chi connectivity index (χ2n) is 4.63. The number of aryl methyl sites for hydroxylation is 2. The Balaban J connectivity index is 1.79. The number of aromatic nitrogens is 3. The summed E-state index contributed by atoms with van der Waals surface area (Å²) in [7, 11) is 0. The van der Waals surface area contributed by atoms with Crippen molar-refractivity contribution in [2.75, 3.05) is 12.3 Å². The molecule has 0 fully saturated rings. The lowest BCUT2D eigenvalue weighted by molar-refractivity contribution is 0.314. The molecule has 110 valence electrons. The first-order valence-electron chi connectivity index (χ1n) is 6.75. The summed E-state index contributed by atoms with van der Waals surface area (Å²) in [5.74, 6) is 0.839. The van der Waals surface area contributed by atoms with Crippen molar-refractivity contribution in [3.8, 4) is 5.88 Å². The van der Waals surface area contributed by atoms with E-state index in [4.69, 9.17) is 10.5 Å². The predicted molar refractivity (Wildman–Crippen MR) is 87.3 cm³/mol. The summed E-state index contributed by atoms with van der Waals surface area (Å²) in [5, 5.41) is 0.951. The standard InChI is InChI=1S/C14H16N4OS2/c1-3-9-6-10-12(17-14(15)18-13(10)21-9)19-5-4-11-8(2)16-7-20-11/h6-7H,3-5H2,1-2H3,(H2,15,17,18). The Morgan fingerprint density at radius 1 is 1.33 bits per heavy atom. The van der Waals surface area contributed by atoms with E-state index in [1.807, 2.05) is 12.4 Å². The molecular weight excluding hydrogens is 304 g/mol. The summed E-state index contributed by atoms with van der Waals surface area (Å²) in [6, 6.07) is 2.09. The molecule has 21 heavy (non-hydrogen) atoms. The Morgan fingerprint density at radius 2 is 2.19 bits per heavy atom. The van der Waals surface area contributed by atoms with E-state index in [1.165, 1.54) is 9.75 Å². The van der Waals surface area contributed by atoms with E-state index in [1.54, 1.807) is 22.7 Å². The van der Waals surface area contributed by atoms with Gasteiger partial charge in [0.1, 0.15) is 4.83 Å². The number of rotatable bonds is 5. The van der Waals surface area contributed by atoms with Crippen LogP contribution < -0.4 is 10.5 Å². The molecule has 0 aliphatic rings. The van der Waals surface area contributed by atoms with E-state index in [-0.39, 0.29) is 5.95 Å². The zero-order chi connectivity index (χ0) is 14.8. The number of fused-ring (bicyclic) bond motifs is 1. The molecule has 0 radical (unpaired) electrons. The van der Waals surface area contributed by atoms with Gasteiger partial charge in [0.05, 0.1) is 23.2 Å². The summed E-state index contributed by atoms with van der Waals surface area (Å²) in [4.78, 5) is 16.1. The summed E-state index contributed by atoms with van der Waals surface area (Å²) < 4.78 is 5.84. The highest BCUT2D eigenvalue weighted by molar-refractivity contribution is 7.18. The van der Waals surface area contributed by atoms with Crippen LogP contribution in [0.25, 0.3) is 10.2 Å². The maximum atomic E-state index is 5.84. The number of anilines is 1. The SMILES string of the molecule is CCc1cc2c(OCCc3scnc3C)nc(N)nc2s1. The van der Waals surface area contributed by atoms with Gasteiger partial charge in [-0.1, -0.05) is 6.92 Å². The van der Waals surface area contributed by atoms with Gasteiger partial charge in [0, 0.05) is 16.2 Å². The number of nitrogen functional groups attached to an aromatic ring is 1. The van der Waals surface area contributed by atoms with Gasteiger partial charge in [-0.2, -0.15) is 4.98 Å². The van der Waals surface area contributed by atoms with Crippen LogP contribution in [0.1, 0.15) is 22.4 Å². The Bertz CT molecular complexity index is 766. The lowest BCUT2D eigenvalue weighted by Gasteiger charge is -2.06. The average molecular weight is 320 g/mol. The molecule has 0 unspecified atom stereocenters. The molecule has 7 heteroatoms. The number of nitrogens with zero attached hydrogens (tertiary/aromatic N) is 3. The Labute approximate surface area is 130 Å². The first-order valence-corrected chi connectivity index (χ1v) is 8.44. The molecule has 0 spiro atoms. The van der Waals surface area contributed by atoms with Crippen molar-refractivity contribution in [2.45, 2.75) is 26.7 Å². The van der Waals surface area contributed by atoms with Gasteiger partial charge in [-0.25, -0.2) is 9.97 Å². The van der Waals surface area contributed by atoms with Gasteiger partial charge in [-0.15, -0.1) is 22.7 Å². The van der Waals surface area contributed by atoms with Crippen LogP contribution in [0.4, 0.5) is 5.95 Å². The molecular formula is C14H16N4OS2. The molecule has 0 aromatic carbocycles. The highest BCUT2D eigenvalue weighted by atomic mass is 32.1. The normalized spacial score (nSPS) is 11.1. The molecule has 0 aliphatic heterocycles.